The summed E-state index contributed by atoms with van der Waals surface area (Å²) in [5.74, 6) is 1.21. The first-order chi connectivity index (χ1) is 14.9. The van der Waals surface area contributed by atoms with Crippen LogP contribution >= 0.6 is 27.5 Å². The number of aryl methyl sites for hydroxylation is 1. The maximum absolute atomic E-state index is 6.74. The van der Waals surface area contributed by atoms with Gasteiger partial charge in [-0.05, 0) is 60.4 Å². The van der Waals surface area contributed by atoms with Gasteiger partial charge in [0.1, 0.15) is 11.5 Å². The summed E-state index contributed by atoms with van der Waals surface area (Å²) in [7, 11) is 0. The van der Waals surface area contributed by atoms with E-state index in [0.29, 0.717) is 16.5 Å². The Morgan fingerprint density at radius 2 is 1.97 bits per heavy atom. The van der Waals surface area contributed by atoms with Crippen LogP contribution < -0.4 is 16.4 Å². The van der Waals surface area contributed by atoms with Gasteiger partial charge in [-0.15, -0.1) is 0 Å². The number of piperidine rings is 1. The summed E-state index contributed by atoms with van der Waals surface area (Å²) in [5.41, 5.74) is 18.3. The molecule has 1 atom stereocenters. The fraction of sp³-hybridized carbons (Fsp3) is 0.333. The first-order valence-electron chi connectivity index (χ1n) is 10.5. The minimum atomic E-state index is 0.0733. The quantitative estimate of drug-likeness (QED) is 0.501. The first-order valence-corrected chi connectivity index (χ1v) is 11.7. The van der Waals surface area contributed by atoms with Crippen LogP contribution in [0.1, 0.15) is 35.6 Å². The van der Waals surface area contributed by atoms with Gasteiger partial charge in [0.15, 0.2) is 5.82 Å². The van der Waals surface area contributed by atoms with Gasteiger partial charge < -0.3 is 16.4 Å². The average molecular weight is 499 g/mol. The molecule has 2 heterocycles. The molecule has 2 aromatic carbocycles. The molecule has 2 aliphatic rings. The predicted molar refractivity (Wildman–Crippen MR) is 130 cm³/mol. The molecule has 1 spiro atoms. The average Bonchev–Trinajstić information content (AvgIpc) is 3.02. The first kappa shape index (κ1) is 20.7. The molecule has 0 saturated carbocycles. The Bertz CT molecular complexity index is 1160. The minimum absolute atomic E-state index is 0.0733. The highest BCUT2D eigenvalue weighted by molar-refractivity contribution is 9.10. The summed E-state index contributed by atoms with van der Waals surface area (Å²) in [4.78, 5) is 11.6. The van der Waals surface area contributed by atoms with E-state index in [4.69, 9.17) is 23.1 Å². The summed E-state index contributed by atoms with van der Waals surface area (Å²) in [6, 6.07) is 12.4. The van der Waals surface area contributed by atoms with Crippen LogP contribution in [0, 0.1) is 12.3 Å². The number of hydrogen-bond donors (Lipinski definition) is 2. The van der Waals surface area contributed by atoms with Crippen LogP contribution in [0.4, 0.5) is 11.6 Å². The number of hydrogen-bond acceptors (Lipinski definition) is 5. The number of anilines is 2. The molecule has 3 aromatic rings. The summed E-state index contributed by atoms with van der Waals surface area (Å²) in [5, 5.41) is 0.664. The van der Waals surface area contributed by atoms with Gasteiger partial charge in [0.25, 0.3) is 0 Å². The molecule has 1 unspecified atom stereocenters. The minimum Gasteiger partial charge on any atom is -0.382 e. The Morgan fingerprint density at radius 3 is 2.71 bits per heavy atom. The molecule has 5 rings (SSSR count). The van der Waals surface area contributed by atoms with Crippen LogP contribution in [0.15, 0.2) is 47.1 Å². The van der Waals surface area contributed by atoms with E-state index in [1.54, 1.807) is 0 Å². The van der Waals surface area contributed by atoms with Crippen LogP contribution in [-0.4, -0.2) is 23.1 Å². The van der Waals surface area contributed by atoms with Crippen molar-refractivity contribution in [2.75, 3.05) is 23.7 Å². The molecule has 1 aromatic heterocycles. The van der Waals surface area contributed by atoms with Crippen LogP contribution in [-0.2, 0) is 6.42 Å². The standard InChI is InChI=1S/C24H25BrClN5/c1-14-3-2-4-17(20(14)26)21-23(28)30-19(13-29-21)31-9-7-24(8-10-31)12-15-5-6-16(25)11-18(15)22(24)27/h2-6,11,13,22H,7-10,12,27H2,1H3,(H2,28,30). The van der Waals surface area contributed by atoms with Crippen molar-refractivity contribution < 1.29 is 0 Å². The molecule has 0 radical (unpaired) electrons. The van der Waals surface area contributed by atoms with Crippen LogP contribution in [0.2, 0.25) is 5.02 Å². The van der Waals surface area contributed by atoms with Gasteiger partial charge in [0.2, 0.25) is 0 Å². The van der Waals surface area contributed by atoms with Crippen molar-refractivity contribution in [3.8, 4) is 11.3 Å². The Hall–Kier alpha value is -2.15. The number of halogens is 2. The van der Waals surface area contributed by atoms with Gasteiger partial charge in [-0.25, -0.2) is 9.97 Å². The van der Waals surface area contributed by atoms with E-state index in [1.165, 1.54) is 11.1 Å². The lowest BCUT2D eigenvalue weighted by molar-refractivity contribution is 0.187. The topological polar surface area (TPSA) is 81.1 Å². The molecule has 160 valence electrons. The van der Waals surface area contributed by atoms with Crippen molar-refractivity contribution in [3.63, 3.8) is 0 Å². The Balaban J connectivity index is 1.35. The maximum Gasteiger partial charge on any atom is 0.152 e. The summed E-state index contributed by atoms with van der Waals surface area (Å²) >= 11 is 10.1. The summed E-state index contributed by atoms with van der Waals surface area (Å²) < 4.78 is 1.09. The molecule has 31 heavy (non-hydrogen) atoms. The van der Waals surface area contributed by atoms with Crippen molar-refractivity contribution in [2.45, 2.75) is 32.2 Å². The largest absolute Gasteiger partial charge is 0.382 e. The number of rotatable bonds is 2. The fourth-order valence-electron chi connectivity index (χ4n) is 5.09. The Kier molecular flexibility index (Phi) is 5.19. The highest BCUT2D eigenvalue weighted by Gasteiger charge is 2.46. The lowest BCUT2D eigenvalue weighted by Crippen LogP contribution is -2.44. The van der Waals surface area contributed by atoms with E-state index >= 15 is 0 Å². The van der Waals surface area contributed by atoms with Crippen LogP contribution in [0.5, 0.6) is 0 Å². The van der Waals surface area contributed by atoms with E-state index in [9.17, 15) is 0 Å². The Labute approximate surface area is 196 Å². The van der Waals surface area contributed by atoms with Crippen LogP contribution in [0.25, 0.3) is 11.3 Å². The van der Waals surface area contributed by atoms with Crippen molar-refractivity contribution >= 4 is 39.2 Å². The molecule has 1 aliphatic carbocycles. The highest BCUT2D eigenvalue weighted by Crippen LogP contribution is 2.51. The molecule has 4 N–H and O–H groups in total. The zero-order chi connectivity index (χ0) is 21.8. The van der Waals surface area contributed by atoms with Gasteiger partial charge in [0.05, 0.1) is 11.2 Å². The van der Waals surface area contributed by atoms with Crippen LogP contribution in [0.3, 0.4) is 0 Å². The number of fused-ring (bicyclic) bond motifs is 1. The molecular weight excluding hydrogens is 474 g/mol. The van der Waals surface area contributed by atoms with E-state index in [-0.39, 0.29) is 11.5 Å². The Morgan fingerprint density at radius 1 is 1.19 bits per heavy atom. The zero-order valence-electron chi connectivity index (χ0n) is 17.4. The second-order valence-corrected chi connectivity index (χ2v) is 10.0. The van der Waals surface area contributed by atoms with E-state index in [2.05, 4.69) is 49.0 Å². The molecule has 0 bridgehead atoms. The SMILES string of the molecule is Cc1cccc(-c2ncc(N3CCC4(CC3)Cc3ccc(Br)cc3C4N)nc2N)c1Cl. The van der Waals surface area contributed by atoms with Crippen molar-refractivity contribution in [1.29, 1.82) is 0 Å². The van der Waals surface area contributed by atoms with Gasteiger partial charge in [-0.2, -0.15) is 0 Å². The third kappa shape index (κ3) is 3.51. The zero-order valence-corrected chi connectivity index (χ0v) is 19.7. The van der Waals surface area contributed by atoms with Crippen molar-refractivity contribution in [3.05, 3.63) is 68.8 Å². The van der Waals surface area contributed by atoms with Gasteiger partial charge in [0, 0.05) is 29.2 Å². The summed E-state index contributed by atoms with van der Waals surface area (Å²) in [6.07, 6.45) is 4.90. The second-order valence-electron chi connectivity index (χ2n) is 8.75. The van der Waals surface area contributed by atoms with E-state index in [0.717, 1.165) is 53.8 Å². The number of nitrogens with zero attached hydrogens (tertiary/aromatic N) is 3. The molecular formula is C24H25BrClN5. The van der Waals surface area contributed by atoms with Gasteiger partial charge in [-0.1, -0.05) is 51.8 Å². The van der Waals surface area contributed by atoms with Crippen molar-refractivity contribution in [1.82, 2.24) is 9.97 Å². The molecule has 5 nitrogen and oxygen atoms in total. The number of nitrogens with two attached hydrogens (primary N) is 2. The predicted octanol–water partition coefficient (Wildman–Crippen LogP) is 5.29. The fourth-order valence-corrected chi connectivity index (χ4v) is 5.68. The third-order valence-electron chi connectivity index (χ3n) is 6.96. The second kappa shape index (κ2) is 7.76. The molecule has 7 heteroatoms. The van der Waals surface area contributed by atoms with E-state index in [1.807, 2.05) is 31.3 Å². The van der Waals surface area contributed by atoms with Gasteiger partial charge in [-0.3, -0.25) is 0 Å². The number of aromatic nitrogens is 2. The lowest BCUT2D eigenvalue weighted by Gasteiger charge is -2.42. The van der Waals surface area contributed by atoms with Gasteiger partial charge >= 0.3 is 0 Å². The monoisotopic (exact) mass is 497 g/mol. The highest BCUT2D eigenvalue weighted by atomic mass is 79.9. The van der Waals surface area contributed by atoms with E-state index < -0.39 is 0 Å². The molecule has 1 saturated heterocycles. The molecule has 1 fully saturated rings. The molecule has 1 aliphatic heterocycles. The molecule has 0 amide bonds. The number of benzene rings is 2. The normalized spacial score (nSPS) is 19.6. The summed E-state index contributed by atoms with van der Waals surface area (Å²) in [6.45, 7) is 3.75. The number of nitrogen functional groups attached to an aromatic ring is 1. The maximum atomic E-state index is 6.74. The smallest absolute Gasteiger partial charge is 0.152 e. The van der Waals surface area contributed by atoms with Crippen molar-refractivity contribution in [2.24, 2.45) is 11.1 Å². The third-order valence-corrected chi connectivity index (χ3v) is 7.96. The lowest BCUT2D eigenvalue weighted by atomic mass is 9.73.